The summed E-state index contributed by atoms with van der Waals surface area (Å²) in [5.74, 6) is -1.73. The van der Waals surface area contributed by atoms with Gasteiger partial charge in [0.05, 0.1) is 6.54 Å². The zero-order chi connectivity index (χ0) is 18.2. The van der Waals surface area contributed by atoms with Gasteiger partial charge in [-0.15, -0.1) is 0 Å². The number of hydrogen-bond acceptors (Lipinski definition) is 2. The molecule has 8 heteroatoms. The molecule has 0 aliphatic heterocycles. The Morgan fingerprint density at radius 3 is 2.52 bits per heavy atom. The molecule has 5 nitrogen and oxygen atoms in total. The van der Waals surface area contributed by atoms with Crippen LogP contribution in [-0.2, 0) is 11.3 Å². The van der Waals surface area contributed by atoms with Gasteiger partial charge in [0.1, 0.15) is 17.5 Å². The number of hydrogen-bond donors (Lipinski definition) is 3. The summed E-state index contributed by atoms with van der Waals surface area (Å²) in [6.45, 7) is -0.142. The van der Waals surface area contributed by atoms with E-state index in [2.05, 4.69) is 20.9 Å². The van der Waals surface area contributed by atoms with Crippen molar-refractivity contribution in [1.29, 1.82) is 0 Å². The maximum Gasteiger partial charge on any atom is 0.243 e. The lowest BCUT2D eigenvalue weighted by molar-refractivity contribution is -0.115. The highest BCUT2D eigenvalue weighted by molar-refractivity contribution is 5.94. The molecule has 0 heterocycles. The second-order valence-electron chi connectivity index (χ2n) is 5.07. The first-order valence-corrected chi connectivity index (χ1v) is 7.42. The average Bonchev–Trinajstić information content (AvgIpc) is 2.58. The van der Waals surface area contributed by atoms with Gasteiger partial charge >= 0.3 is 0 Å². The van der Waals surface area contributed by atoms with Crippen LogP contribution in [0.15, 0.2) is 47.5 Å². The number of halogens is 3. The van der Waals surface area contributed by atoms with Gasteiger partial charge in [0.2, 0.25) is 5.91 Å². The van der Waals surface area contributed by atoms with E-state index in [0.29, 0.717) is 5.69 Å². The van der Waals surface area contributed by atoms with Gasteiger partial charge in [0.15, 0.2) is 5.96 Å². The van der Waals surface area contributed by atoms with Crippen molar-refractivity contribution in [2.75, 3.05) is 18.9 Å². The molecule has 0 spiro atoms. The Morgan fingerprint density at radius 1 is 1.04 bits per heavy atom. The van der Waals surface area contributed by atoms with Crippen LogP contribution in [0.3, 0.4) is 0 Å². The van der Waals surface area contributed by atoms with E-state index in [1.54, 1.807) is 6.07 Å². The van der Waals surface area contributed by atoms with Crippen LogP contribution in [0.1, 0.15) is 5.56 Å². The Morgan fingerprint density at radius 2 is 1.80 bits per heavy atom. The zero-order valence-electron chi connectivity index (χ0n) is 13.4. The summed E-state index contributed by atoms with van der Waals surface area (Å²) in [6, 6.07) is 8.64. The summed E-state index contributed by atoms with van der Waals surface area (Å²) < 4.78 is 39.7. The van der Waals surface area contributed by atoms with Gasteiger partial charge in [0, 0.05) is 24.8 Å². The minimum atomic E-state index is -0.548. The molecule has 3 N–H and O–H groups in total. The van der Waals surface area contributed by atoms with Crippen LogP contribution >= 0.6 is 0 Å². The Labute approximate surface area is 143 Å². The summed E-state index contributed by atoms with van der Waals surface area (Å²) >= 11 is 0. The maximum atomic E-state index is 13.6. The van der Waals surface area contributed by atoms with Crippen LogP contribution in [0.5, 0.6) is 0 Å². The Balaban J connectivity index is 1.83. The van der Waals surface area contributed by atoms with E-state index in [1.165, 1.54) is 25.2 Å². The van der Waals surface area contributed by atoms with Crippen molar-refractivity contribution in [2.45, 2.75) is 6.54 Å². The molecule has 2 aromatic rings. The van der Waals surface area contributed by atoms with E-state index in [4.69, 9.17) is 0 Å². The van der Waals surface area contributed by atoms with Crippen LogP contribution < -0.4 is 16.0 Å². The quantitative estimate of drug-likeness (QED) is 0.573. The van der Waals surface area contributed by atoms with Crippen LogP contribution in [-0.4, -0.2) is 25.5 Å². The number of nitrogens with zero attached hydrogens (tertiary/aromatic N) is 1. The molecular weight excluding hydrogens is 333 g/mol. The topological polar surface area (TPSA) is 65.5 Å². The molecule has 0 aliphatic rings. The zero-order valence-corrected chi connectivity index (χ0v) is 13.4. The smallest absolute Gasteiger partial charge is 0.243 e. The minimum absolute atomic E-state index is 0.00518. The molecule has 2 rings (SSSR count). The Hall–Kier alpha value is -3.03. The molecule has 25 heavy (non-hydrogen) atoms. The fourth-order valence-corrected chi connectivity index (χ4v) is 2.01. The summed E-state index contributed by atoms with van der Waals surface area (Å²) in [6.07, 6.45) is 0. The van der Waals surface area contributed by atoms with Crippen LogP contribution in [0.25, 0.3) is 0 Å². The van der Waals surface area contributed by atoms with E-state index in [0.717, 1.165) is 18.2 Å². The number of carbonyl (C=O) groups excluding carboxylic acids is 1. The minimum Gasteiger partial charge on any atom is -0.352 e. The van der Waals surface area contributed by atoms with Crippen LogP contribution in [0, 0.1) is 17.5 Å². The lowest BCUT2D eigenvalue weighted by Gasteiger charge is -2.12. The molecular formula is C17H17F3N4O. The Kier molecular flexibility index (Phi) is 6.39. The van der Waals surface area contributed by atoms with Crippen molar-refractivity contribution in [3.63, 3.8) is 0 Å². The summed E-state index contributed by atoms with van der Waals surface area (Å²) in [7, 11) is 1.47. The third-order valence-corrected chi connectivity index (χ3v) is 3.20. The fourth-order valence-electron chi connectivity index (χ4n) is 2.01. The SMILES string of the molecule is CN=C(NCC(=O)Nc1cccc(F)c1)NCc1cc(F)ccc1F. The molecule has 0 fully saturated rings. The number of rotatable bonds is 5. The van der Waals surface area contributed by atoms with E-state index < -0.39 is 23.4 Å². The highest BCUT2D eigenvalue weighted by Gasteiger charge is 2.07. The van der Waals surface area contributed by atoms with E-state index in [-0.39, 0.29) is 24.6 Å². The molecule has 132 valence electrons. The van der Waals surface area contributed by atoms with Gasteiger partial charge in [-0.1, -0.05) is 6.07 Å². The first-order valence-electron chi connectivity index (χ1n) is 7.42. The number of benzene rings is 2. The van der Waals surface area contributed by atoms with E-state index in [1.807, 2.05) is 0 Å². The van der Waals surface area contributed by atoms with Gasteiger partial charge in [-0.3, -0.25) is 9.79 Å². The maximum absolute atomic E-state index is 13.6. The number of nitrogens with one attached hydrogen (secondary N) is 3. The molecule has 0 bridgehead atoms. The highest BCUT2D eigenvalue weighted by atomic mass is 19.1. The number of amides is 1. The van der Waals surface area contributed by atoms with Crippen LogP contribution in [0.2, 0.25) is 0 Å². The van der Waals surface area contributed by atoms with Gasteiger partial charge in [-0.2, -0.15) is 0 Å². The molecule has 0 aliphatic carbocycles. The largest absolute Gasteiger partial charge is 0.352 e. The molecule has 1 amide bonds. The summed E-state index contributed by atoms with van der Waals surface area (Å²) in [4.78, 5) is 15.7. The molecule has 0 aromatic heterocycles. The predicted molar refractivity (Wildman–Crippen MR) is 89.6 cm³/mol. The third kappa shape index (κ3) is 5.83. The normalized spacial score (nSPS) is 11.1. The average molecular weight is 350 g/mol. The molecule has 0 saturated carbocycles. The predicted octanol–water partition coefficient (Wildman–Crippen LogP) is 2.41. The van der Waals surface area contributed by atoms with E-state index >= 15 is 0 Å². The first-order chi connectivity index (χ1) is 12.0. The van der Waals surface area contributed by atoms with Crippen LogP contribution in [0.4, 0.5) is 18.9 Å². The molecule has 0 radical (unpaired) electrons. The second-order valence-corrected chi connectivity index (χ2v) is 5.07. The number of guanidine groups is 1. The van der Waals surface area contributed by atoms with Gasteiger partial charge in [0.25, 0.3) is 0 Å². The monoisotopic (exact) mass is 350 g/mol. The Bertz CT molecular complexity index is 780. The standard InChI is InChI=1S/C17H17F3N4O/c1-21-17(22-9-11-7-13(19)5-6-15(11)20)23-10-16(25)24-14-4-2-3-12(18)8-14/h2-8H,9-10H2,1H3,(H,24,25)(H2,21,22,23). The first kappa shape index (κ1) is 18.3. The van der Waals surface area contributed by atoms with Crippen molar-refractivity contribution in [2.24, 2.45) is 4.99 Å². The van der Waals surface area contributed by atoms with Crippen molar-refractivity contribution >= 4 is 17.6 Å². The summed E-state index contributed by atoms with van der Waals surface area (Å²) in [5, 5.41) is 8.02. The van der Waals surface area contributed by atoms with Crippen molar-refractivity contribution in [3.05, 3.63) is 65.5 Å². The fraction of sp³-hybridized carbons (Fsp3) is 0.176. The third-order valence-electron chi connectivity index (χ3n) is 3.20. The van der Waals surface area contributed by atoms with Gasteiger partial charge in [-0.05, 0) is 36.4 Å². The number of aliphatic imine (C=N–C) groups is 1. The molecule has 0 unspecified atom stereocenters. The lowest BCUT2D eigenvalue weighted by atomic mass is 10.2. The van der Waals surface area contributed by atoms with Crippen molar-refractivity contribution in [3.8, 4) is 0 Å². The van der Waals surface area contributed by atoms with Crippen molar-refractivity contribution < 1.29 is 18.0 Å². The number of anilines is 1. The summed E-state index contributed by atoms with van der Waals surface area (Å²) in [5.41, 5.74) is 0.462. The second kappa shape index (κ2) is 8.72. The lowest BCUT2D eigenvalue weighted by Crippen LogP contribution is -2.41. The number of carbonyl (C=O) groups is 1. The molecule has 0 saturated heterocycles. The van der Waals surface area contributed by atoms with Crippen molar-refractivity contribution in [1.82, 2.24) is 10.6 Å². The highest BCUT2D eigenvalue weighted by Crippen LogP contribution is 2.09. The van der Waals surface area contributed by atoms with E-state index in [9.17, 15) is 18.0 Å². The van der Waals surface area contributed by atoms with Gasteiger partial charge < -0.3 is 16.0 Å². The molecule has 2 aromatic carbocycles. The molecule has 0 atom stereocenters. The van der Waals surface area contributed by atoms with Gasteiger partial charge in [-0.25, -0.2) is 13.2 Å².